The summed E-state index contributed by atoms with van der Waals surface area (Å²) < 4.78 is 19.9. The lowest BCUT2D eigenvalue weighted by Gasteiger charge is -2.28. The predicted octanol–water partition coefficient (Wildman–Crippen LogP) is 7.67. The molecule has 0 amide bonds. The Bertz CT molecular complexity index is 2680. The zero-order chi connectivity index (χ0) is 48.2. The minimum atomic E-state index is -4.89. The van der Waals surface area contributed by atoms with E-state index in [0.717, 1.165) is 23.8 Å². The van der Waals surface area contributed by atoms with Gasteiger partial charge in [-0.3, -0.25) is 4.57 Å². The van der Waals surface area contributed by atoms with Crippen molar-refractivity contribution in [3.05, 3.63) is 239 Å². The van der Waals surface area contributed by atoms with Crippen molar-refractivity contribution in [2.24, 2.45) is 0 Å². The van der Waals surface area contributed by atoms with Crippen LogP contribution >= 0.6 is 22.3 Å². The Kier molecular flexibility index (Phi) is 19.1. The first-order chi connectivity index (χ1) is 32.0. The van der Waals surface area contributed by atoms with Crippen molar-refractivity contribution in [3.63, 3.8) is 0 Å². The standard InChI is InChI=1S/2C29H30OP.ClH.H3O4P/c1-22-9-5-14-27(17-22)31(28-15-6-10-23(2)18-28,29-16-7-11-24(3)19-29)21-25-12-8-13-26(20-25)30-4;1-22-8-14-27(15-9-22)31(28-16-10-23(2)11-17-28,29-18-12-24(3)13-19-29)21-25-6-5-7-26(20-25)30-4;;1-5(2,3)4/h2*5-20H,21H2,1-4H3;1H;(H3,1,2,3,4)/q2*+1;;/p-2. The summed E-state index contributed by atoms with van der Waals surface area (Å²) >= 11 is 0. The van der Waals surface area contributed by atoms with Gasteiger partial charge in [-0.1, -0.05) is 114 Å². The molecule has 0 saturated carbocycles. The maximum Gasteiger partial charge on any atom is 0.262 e. The lowest BCUT2D eigenvalue weighted by atomic mass is 10.2. The predicted molar refractivity (Wildman–Crippen MR) is 284 cm³/mol. The zero-order valence-corrected chi connectivity index (χ0v) is 43.6. The summed E-state index contributed by atoms with van der Waals surface area (Å²) in [5.41, 5.74) is 10.4. The number of hydrogen-bond acceptors (Lipinski definition) is 4. The van der Waals surface area contributed by atoms with Gasteiger partial charge < -0.3 is 36.6 Å². The summed E-state index contributed by atoms with van der Waals surface area (Å²) in [6.07, 6.45) is 1.92. The fraction of sp³-hybridized carbons (Fsp3) is 0.172. The highest BCUT2D eigenvalue weighted by Gasteiger charge is 2.47. The van der Waals surface area contributed by atoms with E-state index in [9.17, 15) is 0 Å². The molecule has 0 bridgehead atoms. The van der Waals surface area contributed by atoms with Gasteiger partial charge in [-0.05, 0) is 166 Å². The Balaban J connectivity index is 0.000000228. The van der Waals surface area contributed by atoms with Gasteiger partial charge in [0.1, 0.15) is 57.9 Å². The molecule has 0 unspecified atom stereocenters. The van der Waals surface area contributed by atoms with Crippen LogP contribution in [0.4, 0.5) is 0 Å². The van der Waals surface area contributed by atoms with E-state index < -0.39 is 22.3 Å². The van der Waals surface area contributed by atoms with Crippen LogP contribution in [-0.4, -0.2) is 24.0 Å². The van der Waals surface area contributed by atoms with Crippen LogP contribution in [0.1, 0.15) is 44.5 Å². The molecule has 8 rings (SSSR count). The van der Waals surface area contributed by atoms with Crippen molar-refractivity contribution in [1.29, 1.82) is 0 Å². The Morgan fingerprint density at radius 3 is 0.926 bits per heavy atom. The average Bonchev–Trinajstić information content (AvgIpc) is 3.31. The van der Waals surface area contributed by atoms with Crippen LogP contribution in [0.3, 0.4) is 0 Å². The fourth-order valence-corrected chi connectivity index (χ4v) is 17.2. The molecule has 0 saturated heterocycles. The molecule has 352 valence electrons. The molecule has 0 radical (unpaired) electrons. The van der Waals surface area contributed by atoms with Gasteiger partial charge in [0, 0.05) is 0 Å². The van der Waals surface area contributed by atoms with Gasteiger partial charge in [0.25, 0.3) is 7.82 Å². The number of rotatable bonds is 12. The Hall–Kier alpha value is -5.38. The molecule has 0 aromatic heterocycles. The second-order valence-corrected chi connectivity index (χ2v) is 25.1. The molecule has 8 aromatic carbocycles. The topological polar surface area (TPSA) is 99.1 Å². The van der Waals surface area contributed by atoms with Gasteiger partial charge in [-0.15, -0.1) is 0 Å². The first-order valence-corrected chi connectivity index (χ1v) is 27.7. The van der Waals surface area contributed by atoms with Gasteiger partial charge in [-0.2, -0.15) is 0 Å². The molecule has 6 nitrogen and oxygen atoms in total. The monoisotopic (exact) mass is 982 g/mol. The number of halogens is 1. The molecule has 0 heterocycles. The van der Waals surface area contributed by atoms with Gasteiger partial charge in [0.2, 0.25) is 0 Å². The number of aryl methyl sites for hydroxylation is 6. The van der Waals surface area contributed by atoms with Crippen LogP contribution in [0.15, 0.2) is 194 Å². The third-order valence-corrected chi connectivity index (χ3v) is 20.6. The molecule has 2 N–H and O–H groups in total. The number of hydrogen-bond donors (Lipinski definition) is 2. The second-order valence-electron chi connectivity index (χ2n) is 17.2. The van der Waals surface area contributed by atoms with Gasteiger partial charge in [0.05, 0.1) is 26.5 Å². The summed E-state index contributed by atoms with van der Waals surface area (Å²) in [5, 5.41) is 8.50. The quantitative estimate of drug-likeness (QED) is 0.122. The van der Waals surface area contributed by atoms with Crippen molar-refractivity contribution in [2.75, 3.05) is 14.2 Å². The molecule has 68 heavy (non-hydrogen) atoms. The highest BCUT2D eigenvalue weighted by atomic mass is 35.5. The molecular weight excluding hydrogens is 921 g/mol. The SMILES string of the molecule is COc1cccc(C[P+](c2ccc(C)cc2)(c2ccc(C)cc2)c2ccc(C)cc2)c1.COc1cccc(C[P+](c2cccc(C)c2)(c2cccc(C)c2)c2cccc(C)c2)c1.O=P([O-])(O)O.[Cl-]. The first kappa shape index (κ1) is 53.6. The Morgan fingerprint density at radius 2 is 0.662 bits per heavy atom. The molecule has 10 heteroatoms. The van der Waals surface area contributed by atoms with E-state index in [-0.39, 0.29) is 12.4 Å². The normalized spacial score (nSPS) is 11.2. The van der Waals surface area contributed by atoms with E-state index in [0.29, 0.717) is 0 Å². The highest BCUT2D eigenvalue weighted by molar-refractivity contribution is 7.95. The fourth-order valence-electron chi connectivity index (χ4n) is 8.53. The van der Waals surface area contributed by atoms with Gasteiger partial charge >= 0.3 is 0 Å². The van der Waals surface area contributed by atoms with Crippen LogP contribution in [-0.2, 0) is 16.9 Å². The minimum Gasteiger partial charge on any atom is -1.00 e. The zero-order valence-electron chi connectivity index (χ0n) is 40.1. The molecule has 0 spiro atoms. The van der Waals surface area contributed by atoms with Crippen LogP contribution in [0.2, 0.25) is 0 Å². The van der Waals surface area contributed by atoms with Crippen LogP contribution in [0.5, 0.6) is 11.5 Å². The largest absolute Gasteiger partial charge is 1.00 e. The molecule has 0 aliphatic carbocycles. The van der Waals surface area contributed by atoms with E-state index >= 15 is 0 Å². The minimum absolute atomic E-state index is 0. The summed E-state index contributed by atoms with van der Waals surface area (Å²) in [6.45, 7) is 13.0. The summed E-state index contributed by atoms with van der Waals surface area (Å²) in [4.78, 5) is 22.9. The van der Waals surface area contributed by atoms with Crippen molar-refractivity contribution in [1.82, 2.24) is 0 Å². The summed E-state index contributed by atoms with van der Waals surface area (Å²) in [6, 6.07) is 71.9. The number of ether oxygens (including phenoxy) is 2. The average molecular weight is 984 g/mol. The second kappa shape index (κ2) is 24.3. The van der Waals surface area contributed by atoms with Crippen LogP contribution < -0.4 is 58.6 Å². The van der Waals surface area contributed by atoms with E-state index in [2.05, 4.69) is 224 Å². The molecule has 8 aromatic rings. The third kappa shape index (κ3) is 13.9. The Labute approximate surface area is 411 Å². The maximum absolute atomic E-state index is 8.77. The van der Waals surface area contributed by atoms with Crippen molar-refractivity contribution in [2.45, 2.75) is 53.9 Å². The lowest BCUT2D eigenvalue weighted by Crippen LogP contribution is -3.00. The molecular formula is C58H62ClO6P3. The molecule has 0 fully saturated rings. The van der Waals surface area contributed by atoms with E-state index in [1.165, 1.54) is 76.3 Å². The van der Waals surface area contributed by atoms with Gasteiger partial charge in [-0.25, -0.2) is 0 Å². The Morgan fingerprint density at radius 1 is 0.397 bits per heavy atom. The highest BCUT2D eigenvalue weighted by Crippen LogP contribution is 2.59. The lowest BCUT2D eigenvalue weighted by molar-refractivity contribution is -0.214. The van der Waals surface area contributed by atoms with Crippen LogP contribution in [0, 0.1) is 41.5 Å². The summed E-state index contributed by atoms with van der Waals surface area (Å²) in [7, 11) is -5.27. The number of methoxy groups -OCH3 is 2. The van der Waals surface area contributed by atoms with E-state index in [1.54, 1.807) is 14.2 Å². The van der Waals surface area contributed by atoms with Crippen molar-refractivity contribution in [3.8, 4) is 11.5 Å². The maximum atomic E-state index is 8.77. The smallest absolute Gasteiger partial charge is 0.262 e. The molecule has 0 aliphatic rings. The number of phosphoric acid groups is 1. The van der Waals surface area contributed by atoms with Crippen LogP contribution in [0.25, 0.3) is 0 Å². The molecule has 0 atom stereocenters. The van der Waals surface area contributed by atoms with Gasteiger partial charge in [0.15, 0.2) is 0 Å². The van der Waals surface area contributed by atoms with E-state index in [1.807, 2.05) is 12.1 Å². The van der Waals surface area contributed by atoms with Crippen molar-refractivity contribution >= 4 is 54.2 Å². The van der Waals surface area contributed by atoms with E-state index in [4.69, 9.17) is 28.7 Å². The molecule has 0 aliphatic heterocycles. The third-order valence-electron chi connectivity index (χ3n) is 11.9. The summed E-state index contributed by atoms with van der Waals surface area (Å²) in [5.74, 6) is 1.82. The first-order valence-electron chi connectivity index (χ1n) is 22.2. The number of benzene rings is 8. The van der Waals surface area contributed by atoms with Crippen molar-refractivity contribution < 1.29 is 41.1 Å².